The Hall–Kier alpha value is -3.61. The fourth-order valence-electron chi connectivity index (χ4n) is 5.01. The summed E-state index contributed by atoms with van der Waals surface area (Å²) in [6.07, 6.45) is 5.48. The molecule has 0 unspecified atom stereocenters. The van der Waals surface area contributed by atoms with E-state index in [0.717, 1.165) is 50.7 Å². The molecule has 0 aliphatic heterocycles. The molecule has 1 fully saturated rings. The standard InChI is InChI=1S/C30H34N6O4S2/c1-29(2,3)25-16-21(34-40-25)15-22(37)14-19-6-8-20(9-7-19)23-17-36-24-10-11-26(33-27(24)41-28(36)32-23)31-18-30(12-13-30)35(4)42(5,38)39/h6-11,16-17H,12-15,18H2,1-5H3,(H,31,33). The van der Waals surface area contributed by atoms with Crippen LogP contribution in [0.4, 0.5) is 5.82 Å². The number of pyridine rings is 1. The Bertz CT molecular complexity index is 1890. The first-order chi connectivity index (χ1) is 19.8. The average molecular weight is 607 g/mol. The highest BCUT2D eigenvalue weighted by atomic mass is 32.2. The second-order valence-electron chi connectivity index (χ2n) is 12.2. The van der Waals surface area contributed by atoms with Crippen molar-refractivity contribution in [3.63, 3.8) is 0 Å². The summed E-state index contributed by atoms with van der Waals surface area (Å²) in [5, 5.41) is 7.39. The highest BCUT2D eigenvalue weighted by Crippen LogP contribution is 2.42. The van der Waals surface area contributed by atoms with Gasteiger partial charge in [-0.2, -0.15) is 4.31 Å². The van der Waals surface area contributed by atoms with E-state index in [1.807, 2.05) is 73.8 Å². The van der Waals surface area contributed by atoms with Crippen LogP contribution in [-0.4, -0.2) is 63.4 Å². The molecule has 0 spiro atoms. The maximum Gasteiger partial charge on any atom is 0.211 e. The monoisotopic (exact) mass is 606 g/mol. The highest BCUT2D eigenvalue weighted by molar-refractivity contribution is 7.88. The number of nitrogens with one attached hydrogen (secondary N) is 1. The molecule has 5 aromatic rings. The van der Waals surface area contributed by atoms with Crippen molar-refractivity contribution >= 4 is 48.3 Å². The molecule has 0 atom stereocenters. The second kappa shape index (κ2) is 10.3. The number of aromatic nitrogens is 4. The fraction of sp³-hybridized carbons (Fsp3) is 0.400. The molecule has 42 heavy (non-hydrogen) atoms. The Morgan fingerprint density at radius 2 is 1.86 bits per heavy atom. The number of ketones is 1. The lowest BCUT2D eigenvalue weighted by Crippen LogP contribution is -2.43. The van der Waals surface area contributed by atoms with Gasteiger partial charge < -0.3 is 9.84 Å². The number of benzene rings is 1. The average Bonchev–Trinajstić information content (AvgIpc) is 3.20. The summed E-state index contributed by atoms with van der Waals surface area (Å²) in [4.78, 5) is 23.9. The van der Waals surface area contributed by atoms with Gasteiger partial charge in [0, 0.05) is 43.3 Å². The predicted octanol–water partition coefficient (Wildman–Crippen LogP) is 5.09. The number of hydrogen-bond donors (Lipinski definition) is 1. The number of carbonyl (C=O) groups excluding carboxylic acids is 1. The van der Waals surface area contributed by atoms with Crippen LogP contribution >= 0.6 is 11.3 Å². The molecule has 1 saturated carbocycles. The maximum atomic E-state index is 12.7. The van der Waals surface area contributed by atoms with Gasteiger partial charge in [-0.3, -0.25) is 9.20 Å². The summed E-state index contributed by atoms with van der Waals surface area (Å²) in [6.45, 7) is 6.66. The first-order valence-corrected chi connectivity index (χ1v) is 16.5. The van der Waals surface area contributed by atoms with E-state index in [4.69, 9.17) is 14.5 Å². The number of hydrogen-bond acceptors (Lipinski definition) is 9. The Morgan fingerprint density at radius 3 is 2.50 bits per heavy atom. The van der Waals surface area contributed by atoms with Crippen molar-refractivity contribution in [3.05, 3.63) is 65.7 Å². The van der Waals surface area contributed by atoms with Crippen molar-refractivity contribution in [2.75, 3.05) is 25.2 Å². The minimum atomic E-state index is -3.25. The minimum Gasteiger partial charge on any atom is -0.368 e. The molecule has 0 bridgehead atoms. The number of thiazole rings is 1. The lowest BCUT2D eigenvalue weighted by atomic mass is 9.93. The molecule has 0 radical (unpaired) electrons. The van der Waals surface area contributed by atoms with Crippen molar-refractivity contribution < 1.29 is 17.7 Å². The van der Waals surface area contributed by atoms with E-state index in [2.05, 4.69) is 10.5 Å². The van der Waals surface area contributed by atoms with Crippen LogP contribution in [0.3, 0.4) is 0 Å². The number of imidazole rings is 1. The van der Waals surface area contributed by atoms with E-state index < -0.39 is 10.0 Å². The number of sulfonamides is 1. The summed E-state index contributed by atoms with van der Waals surface area (Å²) >= 11 is 1.50. The summed E-state index contributed by atoms with van der Waals surface area (Å²) in [5.74, 6) is 1.57. The third-order valence-corrected chi connectivity index (χ3v) is 10.2. The van der Waals surface area contributed by atoms with Crippen molar-refractivity contribution in [1.82, 2.24) is 23.8 Å². The summed E-state index contributed by atoms with van der Waals surface area (Å²) in [7, 11) is -1.61. The molecule has 220 valence electrons. The number of carbonyl (C=O) groups is 1. The van der Waals surface area contributed by atoms with Gasteiger partial charge in [0.15, 0.2) is 4.96 Å². The molecule has 4 aromatic heterocycles. The van der Waals surface area contributed by atoms with Crippen LogP contribution in [0.1, 0.15) is 50.6 Å². The normalized spacial score (nSPS) is 15.1. The van der Waals surface area contributed by atoms with Crippen molar-refractivity contribution in [2.45, 2.75) is 57.4 Å². The van der Waals surface area contributed by atoms with Gasteiger partial charge in [0.25, 0.3) is 0 Å². The zero-order valence-electron chi connectivity index (χ0n) is 24.3. The van der Waals surface area contributed by atoms with E-state index in [0.29, 0.717) is 24.5 Å². The molecular weight excluding hydrogens is 573 g/mol. The van der Waals surface area contributed by atoms with Crippen LogP contribution in [-0.2, 0) is 33.1 Å². The zero-order valence-corrected chi connectivity index (χ0v) is 26.0. The van der Waals surface area contributed by atoms with Gasteiger partial charge in [0.2, 0.25) is 10.0 Å². The SMILES string of the molecule is CN(C1(CNc2ccc3c(n2)sc2nc(-c4ccc(CC(=O)Cc5cc(C(C)(C)C)on5)cc4)cn23)CC1)S(C)(=O)=O. The highest BCUT2D eigenvalue weighted by Gasteiger charge is 2.49. The van der Waals surface area contributed by atoms with Crippen molar-refractivity contribution in [2.24, 2.45) is 0 Å². The van der Waals surface area contributed by atoms with Crippen LogP contribution in [0.2, 0.25) is 0 Å². The van der Waals surface area contributed by atoms with E-state index >= 15 is 0 Å². The van der Waals surface area contributed by atoms with Crippen molar-refractivity contribution in [3.8, 4) is 11.3 Å². The smallest absolute Gasteiger partial charge is 0.211 e. The van der Waals surface area contributed by atoms with Gasteiger partial charge in [-0.1, -0.05) is 61.5 Å². The molecular formula is C30H34N6O4S2. The van der Waals surface area contributed by atoms with E-state index in [9.17, 15) is 13.2 Å². The minimum absolute atomic E-state index is 0.0848. The number of nitrogens with zero attached hydrogens (tertiary/aromatic N) is 5. The lowest BCUT2D eigenvalue weighted by Gasteiger charge is -2.26. The predicted molar refractivity (Wildman–Crippen MR) is 164 cm³/mol. The molecule has 6 rings (SSSR count). The Kier molecular flexibility index (Phi) is 6.98. The molecule has 1 aromatic carbocycles. The maximum absolute atomic E-state index is 12.7. The van der Waals surface area contributed by atoms with Crippen LogP contribution in [0.5, 0.6) is 0 Å². The van der Waals surface area contributed by atoms with Crippen LogP contribution < -0.4 is 5.32 Å². The van der Waals surface area contributed by atoms with Gasteiger partial charge >= 0.3 is 0 Å². The molecule has 0 saturated heterocycles. The second-order valence-corrected chi connectivity index (χ2v) is 15.2. The van der Waals surface area contributed by atoms with E-state index in [1.54, 1.807) is 7.05 Å². The number of rotatable bonds is 10. The van der Waals surface area contributed by atoms with Gasteiger partial charge in [0.1, 0.15) is 22.2 Å². The van der Waals surface area contributed by atoms with Crippen LogP contribution in [0.25, 0.3) is 26.6 Å². The molecule has 10 nitrogen and oxygen atoms in total. The third kappa shape index (κ3) is 5.70. The summed E-state index contributed by atoms with van der Waals surface area (Å²) in [6, 6.07) is 13.7. The van der Waals surface area contributed by atoms with E-state index in [-0.39, 0.29) is 23.2 Å². The van der Waals surface area contributed by atoms with Gasteiger partial charge in [0.05, 0.1) is 35.1 Å². The van der Waals surface area contributed by atoms with Gasteiger partial charge in [-0.15, -0.1) is 0 Å². The fourth-order valence-corrected chi connectivity index (χ4v) is 6.94. The summed E-state index contributed by atoms with van der Waals surface area (Å²) < 4.78 is 32.9. The number of likely N-dealkylation sites (N-methyl/N-ethyl adjacent to an activating group) is 1. The third-order valence-electron chi connectivity index (χ3n) is 7.88. The Balaban J connectivity index is 1.11. The Morgan fingerprint density at radius 1 is 1.12 bits per heavy atom. The molecule has 1 N–H and O–H groups in total. The summed E-state index contributed by atoms with van der Waals surface area (Å²) in [5.41, 5.74) is 3.86. The quantitative estimate of drug-likeness (QED) is 0.233. The van der Waals surface area contributed by atoms with Crippen LogP contribution in [0.15, 0.2) is 53.2 Å². The van der Waals surface area contributed by atoms with Crippen molar-refractivity contribution in [1.29, 1.82) is 0 Å². The van der Waals surface area contributed by atoms with Gasteiger partial charge in [-0.25, -0.2) is 18.4 Å². The molecule has 4 heterocycles. The molecule has 12 heteroatoms. The number of fused-ring (bicyclic) bond motifs is 3. The first-order valence-electron chi connectivity index (χ1n) is 13.8. The topological polar surface area (TPSA) is 123 Å². The molecule has 0 amide bonds. The largest absolute Gasteiger partial charge is 0.368 e. The van der Waals surface area contributed by atoms with E-state index in [1.165, 1.54) is 21.9 Å². The molecule has 1 aliphatic rings. The Labute approximate surface area is 248 Å². The lowest BCUT2D eigenvalue weighted by molar-refractivity contribution is -0.117. The molecule has 1 aliphatic carbocycles. The zero-order chi connectivity index (χ0) is 29.9. The number of anilines is 1. The van der Waals surface area contributed by atoms with Gasteiger partial charge in [-0.05, 0) is 30.5 Å². The number of Topliss-reactive ketones (excluding diaryl/α,β-unsaturated/α-hetero) is 1. The first kappa shape index (κ1) is 28.5. The van der Waals surface area contributed by atoms with Crippen LogP contribution in [0, 0.1) is 0 Å².